The summed E-state index contributed by atoms with van der Waals surface area (Å²) in [6.45, 7) is 6.68. The van der Waals surface area contributed by atoms with Gasteiger partial charge >= 0.3 is 17.9 Å². The fraction of sp³-hybridized carbons (Fsp3) is 0.873. The van der Waals surface area contributed by atoms with Crippen molar-refractivity contribution in [1.29, 1.82) is 0 Å². The van der Waals surface area contributed by atoms with Gasteiger partial charge in [-0.15, -0.1) is 0 Å². The molecule has 0 aliphatic heterocycles. The summed E-state index contributed by atoms with van der Waals surface area (Å²) in [6.07, 6.45) is 81.7. The molecular formula is C71H132O6. The van der Waals surface area contributed by atoms with Crippen LogP contribution in [0.1, 0.15) is 380 Å². The van der Waals surface area contributed by atoms with Crippen LogP contribution in [0.4, 0.5) is 0 Å². The Balaban J connectivity index is 4.24. The first kappa shape index (κ1) is 74.6. The molecule has 0 saturated carbocycles. The van der Waals surface area contributed by atoms with Gasteiger partial charge in [-0.25, -0.2) is 0 Å². The van der Waals surface area contributed by atoms with Gasteiger partial charge in [-0.2, -0.15) is 0 Å². The third-order valence-electron chi connectivity index (χ3n) is 15.6. The fourth-order valence-electron chi connectivity index (χ4n) is 10.4. The third kappa shape index (κ3) is 64.3. The highest BCUT2D eigenvalue weighted by Gasteiger charge is 2.19. The predicted octanol–water partition coefficient (Wildman–Crippen LogP) is 23.6. The number of allylic oxidation sites excluding steroid dienone is 6. The summed E-state index contributed by atoms with van der Waals surface area (Å²) < 4.78 is 17.0. The fourth-order valence-corrected chi connectivity index (χ4v) is 10.4. The molecular weight excluding hydrogens is 949 g/mol. The van der Waals surface area contributed by atoms with Crippen LogP contribution >= 0.6 is 0 Å². The third-order valence-corrected chi connectivity index (χ3v) is 15.6. The first-order valence-electron chi connectivity index (χ1n) is 34.5. The van der Waals surface area contributed by atoms with Crippen molar-refractivity contribution in [2.24, 2.45) is 0 Å². The molecule has 0 aromatic heterocycles. The molecule has 0 aromatic carbocycles. The number of unbranched alkanes of at least 4 members (excludes halogenated alkanes) is 47. The molecule has 0 spiro atoms. The summed E-state index contributed by atoms with van der Waals surface area (Å²) in [5, 5.41) is 0. The van der Waals surface area contributed by atoms with Crippen LogP contribution in [0, 0.1) is 0 Å². The predicted molar refractivity (Wildman–Crippen MR) is 335 cm³/mol. The zero-order valence-corrected chi connectivity index (χ0v) is 52.0. The average Bonchev–Trinajstić information content (AvgIpc) is 3.43. The molecule has 452 valence electrons. The highest BCUT2D eigenvalue weighted by molar-refractivity contribution is 5.71. The average molecular weight is 1080 g/mol. The minimum Gasteiger partial charge on any atom is -0.462 e. The summed E-state index contributed by atoms with van der Waals surface area (Å²) in [5.74, 6) is -0.860. The number of esters is 3. The molecule has 6 nitrogen and oxygen atoms in total. The van der Waals surface area contributed by atoms with Gasteiger partial charge in [-0.05, 0) is 96.3 Å². The maximum absolute atomic E-state index is 12.9. The van der Waals surface area contributed by atoms with Gasteiger partial charge in [0.15, 0.2) is 6.10 Å². The largest absolute Gasteiger partial charge is 0.462 e. The van der Waals surface area contributed by atoms with Crippen LogP contribution in [0.2, 0.25) is 0 Å². The molecule has 6 heteroatoms. The number of hydrogen-bond donors (Lipinski definition) is 0. The van der Waals surface area contributed by atoms with Gasteiger partial charge in [0, 0.05) is 19.3 Å². The van der Waals surface area contributed by atoms with Gasteiger partial charge < -0.3 is 14.2 Å². The molecule has 0 bridgehead atoms. The van der Waals surface area contributed by atoms with Gasteiger partial charge in [0.2, 0.25) is 0 Å². The molecule has 0 radical (unpaired) electrons. The van der Waals surface area contributed by atoms with Crippen molar-refractivity contribution in [2.45, 2.75) is 386 Å². The van der Waals surface area contributed by atoms with Crippen LogP contribution in [0.5, 0.6) is 0 Å². The van der Waals surface area contributed by atoms with E-state index in [1.807, 2.05) is 0 Å². The first-order valence-corrected chi connectivity index (χ1v) is 34.5. The zero-order chi connectivity index (χ0) is 55.7. The Morgan fingerprint density at radius 2 is 0.429 bits per heavy atom. The van der Waals surface area contributed by atoms with E-state index in [0.717, 1.165) is 64.2 Å². The van der Waals surface area contributed by atoms with E-state index in [2.05, 4.69) is 57.2 Å². The molecule has 0 aromatic rings. The van der Waals surface area contributed by atoms with E-state index in [-0.39, 0.29) is 31.1 Å². The SMILES string of the molecule is CCCCCCCC/C=C\CCCCCCCCCC(=O)OC(COC(=O)CCCCCCC/C=C\CCCCCCCC)COC(=O)CCCCCCCCCCCCCCCCC/C=C\CCCCCCCCCC. The van der Waals surface area contributed by atoms with Crippen molar-refractivity contribution in [2.75, 3.05) is 13.2 Å². The maximum Gasteiger partial charge on any atom is 0.306 e. The minimum absolute atomic E-state index is 0.0726. The highest BCUT2D eigenvalue weighted by Crippen LogP contribution is 2.18. The van der Waals surface area contributed by atoms with E-state index in [4.69, 9.17) is 14.2 Å². The Bertz CT molecular complexity index is 1290. The zero-order valence-electron chi connectivity index (χ0n) is 52.0. The summed E-state index contributed by atoms with van der Waals surface area (Å²) in [4.78, 5) is 38.4. The topological polar surface area (TPSA) is 78.9 Å². The Labute approximate surface area is 480 Å². The number of ether oxygens (including phenoxy) is 3. The number of carbonyl (C=O) groups excluding carboxylic acids is 3. The lowest BCUT2D eigenvalue weighted by molar-refractivity contribution is -0.167. The molecule has 77 heavy (non-hydrogen) atoms. The molecule has 0 heterocycles. The Hall–Kier alpha value is -2.37. The van der Waals surface area contributed by atoms with Crippen molar-refractivity contribution in [1.82, 2.24) is 0 Å². The summed E-state index contributed by atoms with van der Waals surface area (Å²) >= 11 is 0. The molecule has 0 amide bonds. The van der Waals surface area contributed by atoms with E-state index >= 15 is 0 Å². The van der Waals surface area contributed by atoms with Crippen molar-refractivity contribution in [3.63, 3.8) is 0 Å². The number of carbonyl (C=O) groups is 3. The van der Waals surface area contributed by atoms with E-state index in [9.17, 15) is 14.4 Å². The van der Waals surface area contributed by atoms with Crippen molar-refractivity contribution in [3.05, 3.63) is 36.5 Å². The monoisotopic (exact) mass is 1080 g/mol. The molecule has 1 unspecified atom stereocenters. The van der Waals surface area contributed by atoms with E-state index < -0.39 is 6.10 Å². The summed E-state index contributed by atoms with van der Waals surface area (Å²) in [7, 11) is 0. The normalized spacial score (nSPS) is 12.2. The molecule has 0 aliphatic rings. The lowest BCUT2D eigenvalue weighted by Crippen LogP contribution is -2.30. The maximum atomic E-state index is 12.9. The molecule has 0 saturated heterocycles. The Kier molecular flexibility index (Phi) is 64.1. The van der Waals surface area contributed by atoms with E-state index in [1.165, 1.54) is 276 Å². The molecule has 0 fully saturated rings. The molecule has 0 aliphatic carbocycles. The lowest BCUT2D eigenvalue weighted by Gasteiger charge is -2.18. The number of rotatable bonds is 64. The van der Waals surface area contributed by atoms with Gasteiger partial charge in [-0.1, -0.05) is 301 Å². The molecule has 1 atom stereocenters. The summed E-state index contributed by atoms with van der Waals surface area (Å²) in [6, 6.07) is 0. The summed E-state index contributed by atoms with van der Waals surface area (Å²) in [5.41, 5.74) is 0. The van der Waals surface area contributed by atoms with Crippen LogP contribution in [-0.2, 0) is 28.6 Å². The van der Waals surface area contributed by atoms with Crippen LogP contribution in [0.3, 0.4) is 0 Å². The van der Waals surface area contributed by atoms with Gasteiger partial charge in [-0.3, -0.25) is 14.4 Å². The first-order chi connectivity index (χ1) is 38.0. The van der Waals surface area contributed by atoms with Gasteiger partial charge in [0.1, 0.15) is 13.2 Å². The van der Waals surface area contributed by atoms with Crippen molar-refractivity contribution < 1.29 is 28.6 Å². The van der Waals surface area contributed by atoms with Crippen LogP contribution < -0.4 is 0 Å². The van der Waals surface area contributed by atoms with E-state index in [1.54, 1.807) is 0 Å². The van der Waals surface area contributed by atoms with Crippen LogP contribution in [0.25, 0.3) is 0 Å². The van der Waals surface area contributed by atoms with Crippen molar-refractivity contribution in [3.8, 4) is 0 Å². The smallest absolute Gasteiger partial charge is 0.306 e. The molecule has 0 N–H and O–H groups in total. The highest BCUT2D eigenvalue weighted by atomic mass is 16.6. The lowest BCUT2D eigenvalue weighted by atomic mass is 10.0. The molecule has 0 rings (SSSR count). The quantitative estimate of drug-likeness (QED) is 0.0261. The van der Waals surface area contributed by atoms with Crippen LogP contribution in [0.15, 0.2) is 36.5 Å². The second-order valence-corrected chi connectivity index (χ2v) is 23.4. The Morgan fingerprint density at radius 1 is 0.247 bits per heavy atom. The van der Waals surface area contributed by atoms with Gasteiger partial charge in [0.05, 0.1) is 0 Å². The minimum atomic E-state index is -0.777. The second kappa shape index (κ2) is 66.1. The van der Waals surface area contributed by atoms with Crippen molar-refractivity contribution >= 4 is 17.9 Å². The Morgan fingerprint density at radius 3 is 0.649 bits per heavy atom. The number of hydrogen-bond acceptors (Lipinski definition) is 6. The van der Waals surface area contributed by atoms with Gasteiger partial charge in [0.25, 0.3) is 0 Å². The van der Waals surface area contributed by atoms with Crippen LogP contribution in [-0.4, -0.2) is 37.2 Å². The standard InChI is InChI=1S/C71H132O6/c1-4-7-10-13-16-19-22-25-28-30-31-32-33-34-35-36-37-38-39-41-43-46-49-52-55-58-61-64-70(73)76-67-68(66-75-69(72)63-60-57-54-51-48-45-42-27-24-21-18-15-12-9-6-3)77-71(74)65-62-59-56-53-50-47-44-40-29-26-23-20-17-14-11-8-5-2/h26-27,29-31,42,68H,4-25,28,32-41,43-67H2,1-3H3/b29-26-,31-30-,42-27-. The van der Waals surface area contributed by atoms with E-state index in [0.29, 0.717) is 19.3 Å². The second-order valence-electron chi connectivity index (χ2n) is 23.4.